The van der Waals surface area contributed by atoms with E-state index in [1.165, 1.54) is 43.5 Å². The maximum Gasteiger partial charge on any atom is 0.345 e. The Balaban J connectivity index is 1.55. The number of amides is 2. The molecule has 12 heteroatoms. The first kappa shape index (κ1) is 26.4. The van der Waals surface area contributed by atoms with Crippen molar-refractivity contribution < 1.29 is 28.8 Å². The fourth-order valence-electron chi connectivity index (χ4n) is 3.39. The van der Waals surface area contributed by atoms with Gasteiger partial charge in [0.2, 0.25) is 0 Å². The van der Waals surface area contributed by atoms with E-state index < -0.39 is 22.0 Å². The minimum atomic E-state index is -0.676. The van der Waals surface area contributed by atoms with Crippen LogP contribution in [-0.2, 0) is 11.3 Å². The molecule has 0 radical (unpaired) electrons. The summed E-state index contributed by atoms with van der Waals surface area (Å²) in [6.07, 6.45) is 1.52. The summed E-state index contributed by atoms with van der Waals surface area (Å²) in [5.41, 5.74) is 1.19. The second-order valence-corrected chi connectivity index (χ2v) is 9.85. The Kier molecular flexibility index (Phi) is 7.96. The number of thioether (sulfide) groups is 1. The molecule has 1 heterocycles. The number of hydrogen-bond donors (Lipinski definition) is 0. The van der Waals surface area contributed by atoms with Crippen molar-refractivity contribution in [2.75, 3.05) is 7.11 Å². The van der Waals surface area contributed by atoms with Gasteiger partial charge in [0.05, 0.1) is 38.5 Å². The summed E-state index contributed by atoms with van der Waals surface area (Å²) in [6, 6.07) is 15.2. The highest BCUT2D eigenvalue weighted by molar-refractivity contribution is 9.10. The molecule has 0 N–H and O–H groups in total. The van der Waals surface area contributed by atoms with Gasteiger partial charge in [-0.3, -0.25) is 24.6 Å². The van der Waals surface area contributed by atoms with E-state index in [4.69, 9.17) is 21.1 Å². The van der Waals surface area contributed by atoms with E-state index >= 15 is 0 Å². The summed E-state index contributed by atoms with van der Waals surface area (Å²) in [5.74, 6) is -0.843. The third kappa shape index (κ3) is 5.85. The molecule has 3 aromatic rings. The van der Waals surface area contributed by atoms with E-state index in [-0.39, 0.29) is 39.2 Å². The molecule has 1 saturated heterocycles. The number of imide groups is 1. The average molecular weight is 604 g/mol. The molecular weight excluding hydrogens is 588 g/mol. The largest absolute Gasteiger partial charge is 0.493 e. The van der Waals surface area contributed by atoms with Crippen LogP contribution in [0.2, 0.25) is 5.02 Å². The smallest absolute Gasteiger partial charge is 0.345 e. The molecule has 1 aliphatic heterocycles. The number of nitrogens with zero attached hydrogens (tertiary/aromatic N) is 2. The van der Waals surface area contributed by atoms with Crippen LogP contribution in [0.5, 0.6) is 11.5 Å². The van der Waals surface area contributed by atoms with Crippen LogP contribution in [0.25, 0.3) is 6.08 Å². The zero-order valence-electron chi connectivity index (χ0n) is 19.0. The van der Waals surface area contributed by atoms with Gasteiger partial charge in [0.15, 0.2) is 11.5 Å². The van der Waals surface area contributed by atoms with Crippen LogP contribution in [-0.4, -0.2) is 34.0 Å². The van der Waals surface area contributed by atoms with Crippen LogP contribution in [0.15, 0.2) is 70.0 Å². The molecule has 0 aliphatic carbocycles. The van der Waals surface area contributed by atoms with Crippen molar-refractivity contribution in [2.24, 2.45) is 0 Å². The number of ether oxygens (including phenoxy) is 2. The van der Waals surface area contributed by atoms with Gasteiger partial charge in [0.25, 0.3) is 16.8 Å². The normalized spacial score (nSPS) is 14.2. The quantitative estimate of drug-likeness (QED) is 0.0991. The number of nitro groups is 1. The predicted octanol–water partition coefficient (Wildman–Crippen LogP) is 6.48. The molecule has 4 rings (SSSR count). The van der Waals surface area contributed by atoms with Gasteiger partial charge in [-0.05, 0) is 69.2 Å². The van der Waals surface area contributed by atoms with Crippen molar-refractivity contribution in [1.82, 2.24) is 4.90 Å². The molecule has 2 amide bonds. The molecule has 1 fully saturated rings. The summed E-state index contributed by atoms with van der Waals surface area (Å²) in [4.78, 5) is 49.6. The summed E-state index contributed by atoms with van der Waals surface area (Å²) in [7, 11) is 1.40. The van der Waals surface area contributed by atoms with Gasteiger partial charge in [0.1, 0.15) is 0 Å². The fraction of sp³-hybridized carbons (Fsp3) is 0.0800. The highest BCUT2D eigenvalue weighted by Gasteiger charge is 2.35. The number of benzene rings is 3. The highest BCUT2D eigenvalue weighted by atomic mass is 79.9. The molecule has 0 atom stereocenters. The first-order valence-corrected chi connectivity index (χ1v) is 12.5. The summed E-state index contributed by atoms with van der Waals surface area (Å²) in [6.45, 7) is -0.0239. The Morgan fingerprint density at radius 3 is 2.51 bits per heavy atom. The maximum absolute atomic E-state index is 12.9. The Labute approximate surface area is 228 Å². The van der Waals surface area contributed by atoms with Crippen molar-refractivity contribution in [2.45, 2.75) is 6.54 Å². The molecule has 0 aromatic heterocycles. The number of hydrogen-bond acceptors (Lipinski definition) is 8. The molecule has 188 valence electrons. The molecule has 9 nitrogen and oxygen atoms in total. The molecule has 0 bridgehead atoms. The van der Waals surface area contributed by atoms with E-state index in [2.05, 4.69) is 15.9 Å². The molecule has 0 spiro atoms. The number of carbonyl (C=O) groups is 3. The third-order valence-corrected chi connectivity index (χ3v) is 7.03. The topological polar surface area (TPSA) is 116 Å². The van der Waals surface area contributed by atoms with Crippen LogP contribution in [0.4, 0.5) is 10.5 Å². The molecule has 3 aromatic carbocycles. The van der Waals surface area contributed by atoms with Crippen LogP contribution in [0.1, 0.15) is 21.5 Å². The van der Waals surface area contributed by atoms with Gasteiger partial charge in [-0.1, -0.05) is 35.9 Å². The van der Waals surface area contributed by atoms with Gasteiger partial charge in [-0.2, -0.15) is 0 Å². The standard InChI is InChI=1S/C25H16BrClN2O7S/c1-35-20-11-15(10-18(26)22(20)36-24(31)17-4-2-3-5-19(17)27)12-21-23(30)28(25(32)37-21)13-14-6-8-16(9-7-14)29(33)34/h2-12H,13H2,1H3/b21-12-. The van der Waals surface area contributed by atoms with E-state index in [0.717, 1.165) is 16.7 Å². The maximum atomic E-state index is 12.9. The van der Waals surface area contributed by atoms with Crippen molar-refractivity contribution >= 4 is 68.2 Å². The predicted molar refractivity (Wildman–Crippen MR) is 142 cm³/mol. The zero-order valence-corrected chi connectivity index (χ0v) is 22.1. The van der Waals surface area contributed by atoms with Crippen LogP contribution in [0.3, 0.4) is 0 Å². The molecule has 0 unspecified atom stereocenters. The van der Waals surface area contributed by atoms with Crippen molar-refractivity contribution in [3.63, 3.8) is 0 Å². The van der Waals surface area contributed by atoms with Crippen molar-refractivity contribution in [3.8, 4) is 11.5 Å². The first-order valence-electron chi connectivity index (χ1n) is 10.5. The zero-order chi connectivity index (χ0) is 26.7. The van der Waals surface area contributed by atoms with Crippen LogP contribution < -0.4 is 9.47 Å². The Morgan fingerprint density at radius 2 is 1.86 bits per heavy atom. The van der Waals surface area contributed by atoms with Gasteiger partial charge >= 0.3 is 5.97 Å². The lowest BCUT2D eigenvalue weighted by Gasteiger charge is -2.13. The van der Waals surface area contributed by atoms with Crippen LogP contribution >= 0.6 is 39.3 Å². The Hall–Kier alpha value is -3.67. The lowest BCUT2D eigenvalue weighted by atomic mass is 10.1. The highest BCUT2D eigenvalue weighted by Crippen LogP contribution is 2.40. The van der Waals surface area contributed by atoms with Crippen molar-refractivity contribution in [3.05, 3.63) is 102 Å². The summed E-state index contributed by atoms with van der Waals surface area (Å²) < 4.78 is 11.3. The fourth-order valence-corrected chi connectivity index (χ4v) is 4.98. The third-order valence-electron chi connectivity index (χ3n) is 5.20. The number of nitro benzene ring substituents is 1. The number of methoxy groups -OCH3 is 1. The molecule has 1 aliphatic rings. The molecular formula is C25H16BrClN2O7S. The number of non-ortho nitro benzene ring substituents is 1. The number of esters is 1. The first-order chi connectivity index (χ1) is 17.7. The Morgan fingerprint density at radius 1 is 1.16 bits per heavy atom. The SMILES string of the molecule is COc1cc(/C=C2\SC(=O)N(Cc3ccc([N+](=O)[O-])cc3)C2=O)cc(Br)c1OC(=O)c1ccccc1Cl. The van der Waals surface area contributed by atoms with Gasteiger partial charge < -0.3 is 9.47 Å². The second kappa shape index (κ2) is 11.2. The Bertz CT molecular complexity index is 1460. The number of carbonyl (C=O) groups excluding carboxylic acids is 3. The van der Waals surface area contributed by atoms with Crippen molar-refractivity contribution in [1.29, 1.82) is 0 Å². The second-order valence-electron chi connectivity index (χ2n) is 7.59. The van der Waals surface area contributed by atoms with E-state index in [0.29, 0.717) is 15.6 Å². The minimum Gasteiger partial charge on any atom is -0.493 e. The average Bonchev–Trinajstić information content (AvgIpc) is 3.13. The lowest BCUT2D eigenvalue weighted by Crippen LogP contribution is -2.27. The van der Waals surface area contributed by atoms with E-state index in [9.17, 15) is 24.5 Å². The molecule has 0 saturated carbocycles. The monoisotopic (exact) mass is 602 g/mol. The van der Waals surface area contributed by atoms with Gasteiger partial charge in [0, 0.05) is 12.1 Å². The molecule has 37 heavy (non-hydrogen) atoms. The number of halogens is 2. The minimum absolute atomic E-state index is 0.0239. The van der Waals surface area contributed by atoms with E-state index in [1.807, 2.05) is 0 Å². The van der Waals surface area contributed by atoms with Gasteiger partial charge in [-0.15, -0.1) is 0 Å². The lowest BCUT2D eigenvalue weighted by molar-refractivity contribution is -0.384. The van der Waals surface area contributed by atoms with Crippen LogP contribution in [0, 0.1) is 10.1 Å². The summed E-state index contributed by atoms with van der Waals surface area (Å²) >= 11 is 10.2. The van der Waals surface area contributed by atoms with Gasteiger partial charge in [-0.25, -0.2) is 4.79 Å². The number of rotatable bonds is 7. The van der Waals surface area contributed by atoms with E-state index in [1.54, 1.807) is 30.3 Å². The summed E-state index contributed by atoms with van der Waals surface area (Å²) in [5, 5.41) is 10.6.